The Morgan fingerprint density at radius 2 is 1.68 bits per heavy atom. The van der Waals surface area contributed by atoms with E-state index in [9.17, 15) is 8.42 Å². The van der Waals surface area contributed by atoms with E-state index in [0.717, 1.165) is 35.1 Å². The lowest BCUT2D eigenvalue weighted by Gasteiger charge is -2.11. The summed E-state index contributed by atoms with van der Waals surface area (Å²) in [5, 5.41) is 0.659. The van der Waals surface area contributed by atoms with Gasteiger partial charge in [0.1, 0.15) is 5.82 Å². The second-order valence-corrected chi connectivity index (χ2v) is 10.1. The highest BCUT2D eigenvalue weighted by Crippen LogP contribution is 2.47. The molecule has 2 N–H and O–H groups in total. The lowest BCUT2D eigenvalue weighted by atomic mass is 10.1. The van der Waals surface area contributed by atoms with Gasteiger partial charge in [-0.25, -0.2) is 22.4 Å². The van der Waals surface area contributed by atoms with Crippen molar-refractivity contribution in [2.45, 2.75) is 44.4 Å². The van der Waals surface area contributed by atoms with E-state index in [-0.39, 0.29) is 4.90 Å². The van der Waals surface area contributed by atoms with Crippen LogP contribution < -0.4 is 5.73 Å². The number of aryl methyl sites for hydroxylation is 2. The molecule has 0 unspecified atom stereocenters. The number of nitrogens with zero attached hydrogens (tertiary/aromatic N) is 3. The van der Waals surface area contributed by atoms with Crippen LogP contribution in [0.4, 0.5) is 5.82 Å². The van der Waals surface area contributed by atoms with Crippen molar-refractivity contribution in [1.29, 1.82) is 0 Å². The molecule has 0 spiro atoms. The van der Waals surface area contributed by atoms with Crippen molar-refractivity contribution in [3.8, 4) is 11.4 Å². The van der Waals surface area contributed by atoms with Crippen LogP contribution in [-0.4, -0.2) is 22.4 Å². The molecule has 1 fully saturated rings. The van der Waals surface area contributed by atoms with Gasteiger partial charge in [0, 0.05) is 11.3 Å². The zero-order chi connectivity index (χ0) is 21.9. The second kappa shape index (κ2) is 6.92. The maximum atomic E-state index is 13.7. The third-order valence-corrected chi connectivity index (χ3v) is 7.69. The molecule has 0 bridgehead atoms. The molecule has 1 aliphatic rings. The van der Waals surface area contributed by atoms with Gasteiger partial charge in [-0.1, -0.05) is 41.5 Å². The van der Waals surface area contributed by atoms with Gasteiger partial charge < -0.3 is 5.73 Å². The molecule has 0 aliphatic heterocycles. The van der Waals surface area contributed by atoms with E-state index in [0.29, 0.717) is 34.3 Å². The third-order valence-electron chi connectivity index (χ3n) is 5.90. The summed E-state index contributed by atoms with van der Waals surface area (Å²) in [4.78, 5) is 9.54. The van der Waals surface area contributed by atoms with Crippen molar-refractivity contribution >= 4 is 26.9 Å². The molecule has 2 aromatic carbocycles. The molecule has 1 aliphatic carbocycles. The average Bonchev–Trinajstić information content (AvgIpc) is 3.50. The number of fused-ring (bicyclic) bond motifs is 1. The van der Waals surface area contributed by atoms with Crippen LogP contribution in [0, 0.1) is 20.8 Å². The molecule has 2 heterocycles. The van der Waals surface area contributed by atoms with Crippen LogP contribution >= 0.6 is 0 Å². The number of benzene rings is 2. The number of hydrogen-bond acceptors (Lipinski definition) is 5. The van der Waals surface area contributed by atoms with Gasteiger partial charge in [0.2, 0.25) is 0 Å². The van der Waals surface area contributed by atoms with Crippen molar-refractivity contribution in [3.05, 3.63) is 70.9 Å². The fraction of sp³-hybridized carbons (Fsp3) is 0.250. The van der Waals surface area contributed by atoms with Crippen LogP contribution in [0.15, 0.2) is 53.4 Å². The molecule has 5 rings (SSSR count). The normalized spacial score (nSPS) is 14.3. The Balaban J connectivity index is 1.83. The van der Waals surface area contributed by atoms with Crippen LogP contribution in [0.2, 0.25) is 0 Å². The summed E-state index contributed by atoms with van der Waals surface area (Å²) in [6.07, 6.45) is 2.03. The van der Waals surface area contributed by atoms with Gasteiger partial charge in [-0.15, -0.1) is 0 Å². The summed E-state index contributed by atoms with van der Waals surface area (Å²) in [6.45, 7) is 5.76. The first-order valence-corrected chi connectivity index (χ1v) is 11.8. The quantitative estimate of drug-likeness (QED) is 0.504. The van der Waals surface area contributed by atoms with Crippen LogP contribution in [-0.2, 0) is 10.0 Å². The fourth-order valence-electron chi connectivity index (χ4n) is 4.21. The van der Waals surface area contributed by atoms with E-state index < -0.39 is 10.0 Å². The van der Waals surface area contributed by atoms with E-state index in [2.05, 4.69) is 4.98 Å². The van der Waals surface area contributed by atoms with E-state index in [1.807, 2.05) is 45.0 Å². The molecule has 1 saturated carbocycles. The Hall–Kier alpha value is -3.19. The van der Waals surface area contributed by atoms with Crippen LogP contribution in [0.25, 0.3) is 22.4 Å². The van der Waals surface area contributed by atoms with Crippen LogP contribution in [0.3, 0.4) is 0 Å². The van der Waals surface area contributed by atoms with Crippen molar-refractivity contribution < 1.29 is 8.42 Å². The summed E-state index contributed by atoms with van der Waals surface area (Å²) in [5.41, 5.74) is 11.3. The highest BCUT2D eigenvalue weighted by Gasteiger charge is 2.35. The standard InChI is InChI=1S/C24H24N4O2S/c1-14-7-11-19(12-8-14)31(29,30)28-16(3)20(17-9-10-17)21-22(25)26-23(27-24(21)28)18-6-4-5-15(2)13-18/h4-8,11-13,17H,9-10H2,1-3H3,(H2,25,26,27). The summed E-state index contributed by atoms with van der Waals surface area (Å²) >= 11 is 0. The molecule has 158 valence electrons. The first-order valence-electron chi connectivity index (χ1n) is 10.3. The number of aromatic nitrogens is 3. The van der Waals surface area contributed by atoms with Gasteiger partial charge >= 0.3 is 0 Å². The Bertz CT molecular complexity index is 1430. The van der Waals surface area contributed by atoms with E-state index in [1.165, 1.54) is 3.97 Å². The SMILES string of the molecule is Cc1ccc(S(=O)(=O)n2c(C)c(C3CC3)c3c(N)nc(-c4cccc(C)c4)nc32)cc1. The van der Waals surface area contributed by atoms with Crippen LogP contribution in [0.5, 0.6) is 0 Å². The fourth-order valence-corrected chi connectivity index (χ4v) is 5.72. The molecule has 0 amide bonds. The minimum absolute atomic E-state index is 0.231. The zero-order valence-electron chi connectivity index (χ0n) is 17.8. The van der Waals surface area contributed by atoms with Crippen molar-refractivity contribution in [2.24, 2.45) is 0 Å². The molecule has 6 nitrogen and oxygen atoms in total. The van der Waals surface area contributed by atoms with Gasteiger partial charge in [-0.05, 0) is 63.3 Å². The Kier molecular flexibility index (Phi) is 4.41. The van der Waals surface area contributed by atoms with E-state index in [4.69, 9.17) is 10.7 Å². The van der Waals surface area contributed by atoms with Crippen LogP contribution in [0.1, 0.15) is 41.1 Å². The molecule has 2 aromatic heterocycles. The minimum Gasteiger partial charge on any atom is -0.383 e. The molecule has 0 radical (unpaired) electrons. The number of anilines is 1. The lowest BCUT2D eigenvalue weighted by Crippen LogP contribution is -2.15. The maximum Gasteiger partial charge on any atom is 0.269 e. The molecule has 7 heteroatoms. The number of rotatable bonds is 4. The average molecular weight is 433 g/mol. The molecule has 0 atom stereocenters. The summed E-state index contributed by atoms with van der Waals surface area (Å²) in [5.74, 6) is 1.05. The topological polar surface area (TPSA) is 90.9 Å². The van der Waals surface area contributed by atoms with Gasteiger partial charge in [0.15, 0.2) is 11.5 Å². The molecular formula is C24H24N4O2S. The third kappa shape index (κ3) is 3.20. The van der Waals surface area contributed by atoms with Gasteiger partial charge in [-0.2, -0.15) is 0 Å². The largest absolute Gasteiger partial charge is 0.383 e. The monoisotopic (exact) mass is 432 g/mol. The Labute approximate surface area is 181 Å². The van der Waals surface area contributed by atoms with Crippen molar-refractivity contribution in [3.63, 3.8) is 0 Å². The molecule has 4 aromatic rings. The van der Waals surface area contributed by atoms with E-state index in [1.54, 1.807) is 24.3 Å². The summed E-state index contributed by atoms with van der Waals surface area (Å²) in [6, 6.07) is 14.7. The predicted molar refractivity (Wildman–Crippen MR) is 123 cm³/mol. The predicted octanol–water partition coefficient (Wildman–Crippen LogP) is 4.72. The Morgan fingerprint density at radius 3 is 2.32 bits per heavy atom. The number of nitrogens with two attached hydrogens (primary N) is 1. The van der Waals surface area contributed by atoms with Gasteiger partial charge in [0.05, 0.1) is 10.3 Å². The Morgan fingerprint density at radius 1 is 0.968 bits per heavy atom. The lowest BCUT2D eigenvalue weighted by molar-refractivity contribution is 0.587. The molecular weight excluding hydrogens is 408 g/mol. The first kappa shape index (κ1) is 19.8. The van der Waals surface area contributed by atoms with Gasteiger partial charge in [0.25, 0.3) is 10.0 Å². The van der Waals surface area contributed by atoms with Crippen molar-refractivity contribution in [1.82, 2.24) is 13.9 Å². The van der Waals surface area contributed by atoms with Crippen molar-refractivity contribution in [2.75, 3.05) is 5.73 Å². The maximum absolute atomic E-state index is 13.7. The molecule has 0 saturated heterocycles. The smallest absolute Gasteiger partial charge is 0.269 e. The molecule has 31 heavy (non-hydrogen) atoms. The number of nitrogen functional groups attached to an aromatic ring is 1. The summed E-state index contributed by atoms with van der Waals surface area (Å²) < 4.78 is 28.8. The number of hydrogen-bond donors (Lipinski definition) is 1. The zero-order valence-corrected chi connectivity index (χ0v) is 18.6. The van der Waals surface area contributed by atoms with Gasteiger partial charge in [-0.3, -0.25) is 0 Å². The van der Waals surface area contributed by atoms with E-state index >= 15 is 0 Å². The highest BCUT2D eigenvalue weighted by molar-refractivity contribution is 7.90. The summed E-state index contributed by atoms with van der Waals surface area (Å²) in [7, 11) is -3.85. The first-order chi connectivity index (χ1) is 14.8. The second-order valence-electron chi connectivity index (χ2n) is 8.36. The minimum atomic E-state index is -3.85. The highest BCUT2D eigenvalue weighted by atomic mass is 32.2.